The van der Waals surface area contributed by atoms with Crippen LogP contribution in [0.3, 0.4) is 0 Å². The maximum atomic E-state index is 12.5. The largest absolute Gasteiger partial charge is 0.494 e. The van der Waals surface area contributed by atoms with Gasteiger partial charge in [0.05, 0.1) is 40.3 Å². The van der Waals surface area contributed by atoms with Gasteiger partial charge in [-0.25, -0.2) is 0 Å². The highest BCUT2D eigenvalue weighted by Crippen LogP contribution is 2.37. The first-order valence-corrected chi connectivity index (χ1v) is 12.5. The molecule has 0 aliphatic heterocycles. The number of carbonyl (C=O) groups excluding carboxylic acids is 1. The average Bonchev–Trinajstić information content (AvgIpc) is 2.93. The number of halogens is 1. The van der Waals surface area contributed by atoms with Gasteiger partial charge in [0, 0.05) is 54.9 Å². The molecule has 2 aromatic heterocycles. The first kappa shape index (κ1) is 27.4. The van der Waals surface area contributed by atoms with Crippen molar-refractivity contribution in [1.29, 1.82) is 5.26 Å². The second-order valence-corrected chi connectivity index (χ2v) is 9.32. The Balaban J connectivity index is 1.63. The maximum Gasteiger partial charge on any atom is 0.248 e. The molecule has 198 valence electrons. The van der Waals surface area contributed by atoms with Crippen LogP contribution in [0.5, 0.6) is 5.75 Å². The molecule has 0 fully saturated rings. The summed E-state index contributed by atoms with van der Waals surface area (Å²) in [7, 11) is 5.36. The summed E-state index contributed by atoms with van der Waals surface area (Å²) in [5.41, 5.74) is 4.41. The third kappa shape index (κ3) is 7.02. The normalized spacial score (nSPS) is 11.0. The molecule has 39 heavy (non-hydrogen) atoms. The summed E-state index contributed by atoms with van der Waals surface area (Å²) < 4.78 is 5.49. The Morgan fingerprint density at radius 1 is 1.18 bits per heavy atom. The molecule has 0 atom stereocenters. The maximum absolute atomic E-state index is 12.5. The van der Waals surface area contributed by atoms with Crippen LogP contribution >= 0.6 is 11.6 Å². The van der Waals surface area contributed by atoms with Gasteiger partial charge in [0.25, 0.3) is 0 Å². The van der Waals surface area contributed by atoms with Crippen LogP contribution in [0.1, 0.15) is 11.1 Å². The molecule has 2 aromatic carbocycles. The number of methoxy groups -OCH3 is 1. The molecule has 0 saturated carbocycles. The van der Waals surface area contributed by atoms with E-state index in [9.17, 15) is 10.1 Å². The second kappa shape index (κ2) is 12.7. The molecule has 10 heteroatoms. The van der Waals surface area contributed by atoms with Crippen molar-refractivity contribution in [1.82, 2.24) is 14.9 Å². The number of fused-ring (bicyclic) bond motifs is 1. The number of rotatable bonds is 10. The van der Waals surface area contributed by atoms with Crippen LogP contribution in [0.4, 0.5) is 22.7 Å². The van der Waals surface area contributed by atoms with E-state index in [0.717, 1.165) is 11.3 Å². The summed E-state index contributed by atoms with van der Waals surface area (Å²) in [6, 6.07) is 15.0. The number of hydrogen-bond donors (Lipinski definition) is 3. The molecule has 4 aromatic rings. The third-order valence-corrected chi connectivity index (χ3v) is 6.06. The van der Waals surface area contributed by atoms with Crippen LogP contribution in [-0.2, 0) is 11.3 Å². The highest BCUT2D eigenvalue weighted by atomic mass is 35.5. The topological polar surface area (TPSA) is 115 Å². The number of ether oxygens (including phenoxy) is 1. The van der Waals surface area contributed by atoms with Crippen LogP contribution in [0.25, 0.3) is 10.9 Å². The number of benzene rings is 2. The highest BCUT2D eigenvalue weighted by molar-refractivity contribution is 6.33. The molecule has 4 rings (SSSR count). The summed E-state index contributed by atoms with van der Waals surface area (Å²) in [6.45, 7) is 1.21. The van der Waals surface area contributed by atoms with Gasteiger partial charge in [-0.05, 0) is 50.0 Å². The standard InChI is InChI=1S/C29H28ClN7O2/c1-37(2)11-5-7-28(38)36-26-13-22-25(14-27(26)39-3)34-18-20(15-31)29(22)35-21-8-9-24(23(30)12-21)33-17-19-6-4-10-32-16-19/h4-10,12-14,16,18,33H,11,17H2,1-3H3,(H,34,35)(H,36,38). The number of aromatic nitrogens is 2. The van der Waals surface area contributed by atoms with E-state index >= 15 is 0 Å². The van der Waals surface area contributed by atoms with Gasteiger partial charge < -0.3 is 25.6 Å². The molecule has 0 radical (unpaired) electrons. The van der Waals surface area contributed by atoms with Gasteiger partial charge in [-0.1, -0.05) is 23.7 Å². The number of amides is 1. The summed E-state index contributed by atoms with van der Waals surface area (Å²) in [4.78, 5) is 23.0. The number of hydrogen-bond acceptors (Lipinski definition) is 8. The Bertz CT molecular complexity index is 1550. The van der Waals surface area contributed by atoms with E-state index in [1.165, 1.54) is 19.4 Å². The monoisotopic (exact) mass is 541 g/mol. The van der Waals surface area contributed by atoms with Crippen LogP contribution in [-0.4, -0.2) is 48.5 Å². The smallest absolute Gasteiger partial charge is 0.248 e. The van der Waals surface area contributed by atoms with Crippen molar-refractivity contribution in [3.63, 3.8) is 0 Å². The minimum absolute atomic E-state index is 0.297. The number of nitriles is 1. The fourth-order valence-corrected chi connectivity index (χ4v) is 4.08. The first-order valence-electron chi connectivity index (χ1n) is 12.1. The predicted octanol–water partition coefficient (Wildman–Crippen LogP) is 5.58. The molecule has 3 N–H and O–H groups in total. The quantitative estimate of drug-likeness (QED) is 0.223. The number of carbonyl (C=O) groups is 1. The van der Waals surface area contributed by atoms with E-state index in [0.29, 0.717) is 57.4 Å². The van der Waals surface area contributed by atoms with Gasteiger partial charge in [-0.15, -0.1) is 0 Å². The zero-order chi connectivity index (χ0) is 27.8. The van der Waals surface area contributed by atoms with Crippen molar-refractivity contribution in [2.75, 3.05) is 43.7 Å². The molecule has 0 saturated heterocycles. The van der Waals surface area contributed by atoms with E-state index in [4.69, 9.17) is 16.3 Å². The van der Waals surface area contributed by atoms with E-state index in [2.05, 4.69) is 32.0 Å². The lowest BCUT2D eigenvalue weighted by Gasteiger charge is -2.16. The summed E-state index contributed by atoms with van der Waals surface area (Å²) in [6.07, 6.45) is 8.26. The SMILES string of the molecule is COc1cc2ncc(C#N)c(Nc3ccc(NCc4cccnc4)c(Cl)c3)c2cc1NC(=O)C=CCN(C)C. The molecule has 1 amide bonds. The molecule has 2 heterocycles. The number of nitrogens with one attached hydrogen (secondary N) is 3. The van der Waals surface area contributed by atoms with Crippen LogP contribution in [0.2, 0.25) is 5.02 Å². The van der Waals surface area contributed by atoms with Gasteiger partial charge in [0.15, 0.2) is 0 Å². The Kier molecular flexibility index (Phi) is 8.94. The molecule has 0 aliphatic carbocycles. The Morgan fingerprint density at radius 2 is 2.03 bits per heavy atom. The lowest BCUT2D eigenvalue weighted by molar-refractivity contribution is -0.111. The molecular weight excluding hydrogens is 514 g/mol. The van der Waals surface area contributed by atoms with Gasteiger partial charge in [-0.2, -0.15) is 5.26 Å². The second-order valence-electron chi connectivity index (χ2n) is 8.92. The molecule has 0 aliphatic rings. The molecule has 9 nitrogen and oxygen atoms in total. The van der Waals surface area contributed by atoms with Crippen LogP contribution in [0, 0.1) is 11.3 Å². The fourth-order valence-electron chi connectivity index (χ4n) is 3.83. The van der Waals surface area contributed by atoms with Gasteiger partial charge in [-0.3, -0.25) is 14.8 Å². The van der Waals surface area contributed by atoms with Crippen LogP contribution < -0.4 is 20.7 Å². The van der Waals surface area contributed by atoms with Crippen molar-refractivity contribution in [3.8, 4) is 11.8 Å². The van der Waals surface area contributed by atoms with E-state index in [1.807, 2.05) is 43.3 Å². The Labute approximate surface area is 232 Å². The number of pyridine rings is 2. The van der Waals surface area contributed by atoms with E-state index in [1.54, 1.807) is 36.7 Å². The summed E-state index contributed by atoms with van der Waals surface area (Å²) in [5, 5.41) is 20.4. The van der Waals surface area contributed by atoms with Crippen molar-refractivity contribution in [3.05, 3.63) is 89.4 Å². The van der Waals surface area contributed by atoms with Crippen molar-refractivity contribution in [2.24, 2.45) is 0 Å². The third-order valence-electron chi connectivity index (χ3n) is 5.75. The molecule has 0 unspecified atom stereocenters. The molecular formula is C29H28ClN7O2. The number of anilines is 4. The summed E-state index contributed by atoms with van der Waals surface area (Å²) in [5.74, 6) is 0.154. The van der Waals surface area contributed by atoms with Gasteiger partial charge in [0.2, 0.25) is 5.91 Å². The first-order chi connectivity index (χ1) is 18.9. The summed E-state index contributed by atoms with van der Waals surface area (Å²) >= 11 is 6.57. The average molecular weight is 542 g/mol. The minimum Gasteiger partial charge on any atom is -0.494 e. The minimum atomic E-state index is -0.297. The lowest BCUT2D eigenvalue weighted by atomic mass is 10.1. The fraction of sp³-hybridized carbons (Fsp3) is 0.172. The number of likely N-dealkylation sites (N-methyl/N-ethyl adjacent to an activating group) is 1. The number of nitrogens with zero attached hydrogens (tertiary/aromatic N) is 4. The van der Waals surface area contributed by atoms with Crippen molar-refractivity contribution < 1.29 is 9.53 Å². The zero-order valence-electron chi connectivity index (χ0n) is 21.8. The van der Waals surface area contributed by atoms with E-state index in [-0.39, 0.29) is 5.91 Å². The lowest BCUT2D eigenvalue weighted by Crippen LogP contribution is -2.13. The molecule has 0 spiro atoms. The Morgan fingerprint density at radius 3 is 2.72 bits per heavy atom. The van der Waals surface area contributed by atoms with Crippen molar-refractivity contribution in [2.45, 2.75) is 6.54 Å². The highest BCUT2D eigenvalue weighted by Gasteiger charge is 2.15. The van der Waals surface area contributed by atoms with Crippen molar-refractivity contribution >= 4 is 51.2 Å². The van der Waals surface area contributed by atoms with Gasteiger partial charge >= 0.3 is 0 Å². The zero-order valence-corrected chi connectivity index (χ0v) is 22.6. The van der Waals surface area contributed by atoms with Crippen LogP contribution in [0.15, 0.2) is 73.2 Å². The van der Waals surface area contributed by atoms with Gasteiger partial charge in [0.1, 0.15) is 11.8 Å². The van der Waals surface area contributed by atoms with E-state index < -0.39 is 0 Å². The Hall–Kier alpha value is -4.65. The predicted molar refractivity (Wildman–Crippen MR) is 156 cm³/mol. The molecule has 0 bridgehead atoms.